The third kappa shape index (κ3) is 3.39. The number of methoxy groups -OCH3 is 1. The molecule has 4 aromatic heterocycles. The molecule has 0 fully saturated rings. The quantitative estimate of drug-likeness (QED) is 0.482. The lowest BCUT2D eigenvalue weighted by atomic mass is 10.1. The summed E-state index contributed by atoms with van der Waals surface area (Å²) in [7, 11) is 3.16. The van der Waals surface area contributed by atoms with E-state index < -0.39 is 12.0 Å². The summed E-state index contributed by atoms with van der Waals surface area (Å²) in [6, 6.07) is 2.99. The first-order valence-electron chi connectivity index (χ1n) is 8.57. The second-order valence-corrected chi connectivity index (χ2v) is 6.14. The standard InChI is InChI=1S/C18H18N8O2/c1-26-17-13(9-22-26)16(24-15(25-17)11-3-5-19-6-4-11)23-14(18(27)28-2)7-12-8-20-10-21-12/h3-6,8-10,14H,7H2,1-2H3,(H,20,21)(H,23,24,25)/t14-/m0/s1. The number of hydrogen-bond acceptors (Lipinski definition) is 8. The number of nitrogens with zero attached hydrogens (tertiary/aromatic N) is 6. The molecule has 0 aliphatic heterocycles. The largest absolute Gasteiger partial charge is 0.467 e. The average molecular weight is 378 g/mol. The van der Waals surface area contributed by atoms with Gasteiger partial charge in [0.05, 0.1) is 25.0 Å². The minimum absolute atomic E-state index is 0.364. The summed E-state index contributed by atoms with van der Waals surface area (Å²) < 4.78 is 6.62. The SMILES string of the molecule is COC(=O)[C@H](Cc1cnc[nH]1)Nc1nc(-c2ccncc2)nc2c1cnn2C. The molecule has 0 aromatic carbocycles. The van der Waals surface area contributed by atoms with Crippen LogP contribution in [0.5, 0.6) is 0 Å². The van der Waals surface area contributed by atoms with E-state index in [1.807, 2.05) is 12.1 Å². The van der Waals surface area contributed by atoms with Gasteiger partial charge in [-0.2, -0.15) is 5.10 Å². The Morgan fingerprint density at radius 1 is 1.25 bits per heavy atom. The molecule has 1 atom stereocenters. The van der Waals surface area contributed by atoms with Crippen molar-refractivity contribution >= 4 is 22.8 Å². The van der Waals surface area contributed by atoms with E-state index in [1.54, 1.807) is 42.8 Å². The Hall–Kier alpha value is -3.82. The van der Waals surface area contributed by atoms with Crippen molar-refractivity contribution in [1.82, 2.24) is 34.7 Å². The number of pyridine rings is 1. The number of fused-ring (bicyclic) bond motifs is 1. The molecular formula is C18H18N8O2. The molecule has 0 unspecified atom stereocenters. The Morgan fingerprint density at radius 2 is 2.07 bits per heavy atom. The Bertz CT molecular complexity index is 1090. The minimum Gasteiger partial charge on any atom is -0.467 e. The van der Waals surface area contributed by atoms with Crippen molar-refractivity contribution in [3.05, 3.63) is 48.9 Å². The highest BCUT2D eigenvalue weighted by Gasteiger charge is 2.23. The molecule has 0 aliphatic rings. The van der Waals surface area contributed by atoms with Gasteiger partial charge in [-0.15, -0.1) is 0 Å². The number of anilines is 1. The van der Waals surface area contributed by atoms with E-state index in [1.165, 1.54) is 7.11 Å². The second-order valence-electron chi connectivity index (χ2n) is 6.14. The Morgan fingerprint density at radius 3 is 2.79 bits per heavy atom. The number of nitrogens with one attached hydrogen (secondary N) is 2. The fraction of sp³-hybridized carbons (Fsp3) is 0.222. The second kappa shape index (κ2) is 7.43. The Kier molecular flexibility index (Phi) is 4.67. The molecule has 0 aliphatic carbocycles. The van der Waals surface area contributed by atoms with Gasteiger partial charge in [0.2, 0.25) is 0 Å². The maximum absolute atomic E-state index is 12.3. The molecule has 0 spiro atoms. The number of H-pyrrole nitrogens is 1. The van der Waals surface area contributed by atoms with Crippen molar-refractivity contribution in [1.29, 1.82) is 0 Å². The number of ether oxygens (including phenoxy) is 1. The highest BCUT2D eigenvalue weighted by Crippen LogP contribution is 2.25. The van der Waals surface area contributed by atoms with Crippen molar-refractivity contribution in [2.75, 3.05) is 12.4 Å². The van der Waals surface area contributed by atoms with Crippen molar-refractivity contribution in [2.24, 2.45) is 7.05 Å². The maximum Gasteiger partial charge on any atom is 0.328 e. The number of aromatic amines is 1. The third-order valence-electron chi connectivity index (χ3n) is 4.31. The zero-order valence-corrected chi connectivity index (χ0v) is 15.3. The number of aryl methyl sites for hydroxylation is 1. The lowest BCUT2D eigenvalue weighted by molar-refractivity contribution is -0.141. The highest BCUT2D eigenvalue weighted by molar-refractivity contribution is 5.90. The van der Waals surface area contributed by atoms with Crippen LogP contribution in [0.1, 0.15) is 5.69 Å². The number of carbonyl (C=O) groups excluding carboxylic acids is 1. The summed E-state index contributed by atoms with van der Waals surface area (Å²) in [4.78, 5) is 32.6. The molecule has 4 rings (SSSR count). The molecule has 2 N–H and O–H groups in total. The van der Waals surface area contributed by atoms with Gasteiger partial charge in [-0.1, -0.05) is 0 Å². The molecule has 0 saturated carbocycles. The lowest BCUT2D eigenvalue weighted by Gasteiger charge is -2.17. The van der Waals surface area contributed by atoms with Gasteiger partial charge >= 0.3 is 5.97 Å². The molecular weight excluding hydrogens is 360 g/mol. The van der Waals surface area contributed by atoms with E-state index in [9.17, 15) is 4.79 Å². The van der Waals surface area contributed by atoms with Crippen LogP contribution in [0, 0.1) is 0 Å². The van der Waals surface area contributed by atoms with Crippen LogP contribution in [0.3, 0.4) is 0 Å². The van der Waals surface area contributed by atoms with Gasteiger partial charge in [0.25, 0.3) is 0 Å². The van der Waals surface area contributed by atoms with E-state index in [2.05, 4.69) is 35.3 Å². The van der Waals surface area contributed by atoms with Crippen molar-refractivity contribution in [3.8, 4) is 11.4 Å². The topological polar surface area (TPSA) is 124 Å². The van der Waals surface area contributed by atoms with Crippen molar-refractivity contribution in [2.45, 2.75) is 12.5 Å². The normalized spacial score (nSPS) is 12.1. The molecule has 28 heavy (non-hydrogen) atoms. The van der Waals surface area contributed by atoms with Gasteiger partial charge < -0.3 is 15.0 Å². The summed E-state index contributed by atoms with van der Waals surface area (Å²) in [6.45, 7) is 0. The summed E-state index contributed by atoms with van der Waals surface area (Å²) in [5.74, 6) is 0.599. The summed E-state index contributed by atoms with van der Waals surface area (Å²) >= 11 is 0. The van der Waals surface area contributed by atoms with Crippen LogP contribution in [-0.2, 0) is 23.0 Å². The number of carbonyl (C=O) groups is 1. The molecule has 0 amide bonds. The molecule has 4 aromatic rings. The first kappa shape index (κ1) is 17.6. The van der Waals surface area contributed by atoms with Crippen LogP contribution in [0.4, 0.5) is 5.82 Å². The maximum atomic E-state index is 12.3. The molecule has 10 heteroatoms. The van der Waals surface area contributed by atoms with Gasteiger partial charge in [0.1, 0.15) is 11.9 Å². The average Bonchev–Trinajstić information content (AvgIpc) is 3.37. The summed E-state index contributed by atoms with van der Waals surface area (Å²) in [6.07, 6.45) is 8.61. The van der Waals surface area contributed by atoms with Gasteiger partial charge in [0.15, 0.2) is 11.5 Å². The number of hydrogen-bond donors (Lipinski definition) is 2. The first-order chi connectivity index (χ1) is 13.7. The van der Waals surface area contributed by atoms with E-state index >= 15 is 0 Å². The zero-order valence-electron chi connectivity index (χ0n) is 15.3. The predicted octanol–water partition coefficient (Wildman–Crippen LogP) is 1.34. The van der Waals surface area contributed by atoms with Crippen LogP contribution < -0.4 is 5.32 Å². The third-order valence-corrected chi connectivity index (χ3v) is 4.31. The zero-order chi connectivity index (χ0) is 19.5. The molecule has 0 bridgehead atoms. The molecule has 0 saturated heterocycles. The Labute approximate surface area is 160 Å². The monoisotopic (exact) mass is 378 g/mol. The van der Waals surface area contributed by atoms with E-state index in [0.29, 0.717) is 29.1 Å². The molecule has 0 radical (unpaired) electrons. The smallest absolute Gasteiger partial charge is 0.328 e. The summed E-state index contributed by atoms with van der Waals surface area (Å²) in [5.41, 5.74) is 2.26. The van der Waals surface area contributed by atoms with Crippen molar-refractivity contribution in [3.63, 3.8) is 0 Å². The van der Waals surface area contributed by atoms with Gasteiger partial charge in [-0.05, 0) is 12.1 Å². The van der Waals surface area contributed by atoms with Gasteiger partial charge in [-0.25, -0.2) is 19.7 Å². The fourth-order valence-corrected chi connectivity index (χ4v) is 2.88. The van der Waals surface area contributed by atoms with Crippen LogP contribution in [0.25, 0.3) is 22.4 Å². The highest BCUT2D eigenvalue weighted by atomic mass is 16.5. The van der Waals surface area contributed by atoms with Gasteiger partial charge in [0, 0.05) is 43.3 Å². The first-order valence-corrected chi connectivity index (χ1v) is 8.57. The number of rotatable bonds is 6. The van der Waals surface area contributed by atoms with Crippen molar-refractivity contribution < 1.29 is 9.53 Å². The van der Waals surface area contributed by atoms with Gasteiger partial charge in [-0.3, -0.25) is 9.67 Å². The Balaban J connectivity index is 1.76. The fourth-order valence-electron chi connectivity index (χ4n) is 2.88. The van der Waals surface area contributed by atoms with Crippen LogP contribution >= 0.6 is 0 Å². The minimum atomic E-state index is -0.658. The lowest BCUT2D eigenvalue weighted by Crippen LogP contribution is -2.33. The number of aromatic nitrogens is 7. The van der Waals surface area contributed by atoms with E-state index in [-0.39, 0.29) is 0 Å². The number of imidazole rings is 1. The number of esters is 1. The van der Waals surface area contributed by atoms with Crippen LogP contribution in [0.15, 0.2) is 43.2 Å². The predicted molar refractivity (Wildman–Crippen MR) is 101 cm³/mol. The van der Waals surface area contributed by atoms with E-state index in [4.69, 9.17) is 4.74 Å². The molecule has 10 nitrogen and oxygen atoms in total. The van der Waals surface area contributed by atoms with Crippen LogP contribution in [0.2, 0.25) is 0 Å². The molecule has 4 heterocycles. The van der Waals surface area contributed by atoms with Crippen LogP contribution in [-0.4, -0.2) is 53.8 Å². The molecule has 142 valence electrons. The summed E-state index contributed by atoms with van der Waals surface area (Å²) in [5, 5.41) is 8.17. The van der Waals surface area contributed by atoms with E-state index in [0.717, 1.165) is 11.3 Å².